The molecule has 0 spiro atoms. The van der Waals surface area contributed by atoms with Gasteiger partial charge in [-0.3, -0.25) is 24.2 Å². The van der Waals surface area contributed by atoms with E-state index in [0.29, 0.717) is 21.3 Å². The quantitative estimate of drug-likeness (QED) is 0.491. The second-order valence-electron chi connectivity index (χ2n) is 7.51. The minimum Gasteiger partial charge on any atom is -0.288 e. The van der Waals surface area contributed by atoms with E-state index in [4.69, 9.17) is 0 Å². The number of hydrogen-bond donors (Lipinski definition) is 0. The monoisotopic (exact) mass is 498 g/mol. The highest BCUT2D eigenvalue weighted by Gasteiger charge is 2.45. The number of rotatable bonds is 5. The SMILES string of the molecule is CC(C)C(C(=O)N(C)c1nnc(-c2ccc(Br)cc2)s1)N1C(=O)c2ccccc2C1=O. The van der Waals surface area contributed by atoms with Crippen molar-refractivity contribution in [2.75, 3.05) is 11.9 Å². The smallest absolute Gasteiger partial charge is 0.262 e. The lowest BCUT2D eigenvalue weighted by atomic mass is 10.0. The molecule has 0 fully saturated rings. The zero-order chi connectivity index (χ0) is 22.3. The van der Waals surface area contributed by atoms with Crippen molar-refractivity contribution in [2.24, 2.45) is 5.92 Å². The number of imide groups is 1. The number of carbonyl (C=O) groups excluding carboxylic acids is 3. The van der Waals surface area contributed by atoms with Crippen LogP contribution in [0.2, 0.25) is 0 Å². The fraction of sp³-hybridized carbons (Fsp3) is 0.227. The number of benzene rings is 2. The van der Waals surface area contributed by atoms with E-state index in [9.17, 15) is 14.4 Å². The van der Waals surface area contributed by atoms with E-state index in [1.54, 1.807) is 31.3 Å². The molecule has 0 bridgehead atoms. The van der Waals surface area contributed by atoms with Gasteiger partial charge < -0.3 is 0 Å². The number of likely N-dealkylation sites (N-methyl/N-ethyl adjacent to an activating group) is 1. The first-order chi connectivity index (χ1) is 14.8. The zero-order valence-corrected chi connectivity index (χ0v) is 19.5. The zero-order valence-electron chi connectivity index (χ0n) is 17.1. The van der Waals surface area contributed by atoms with Gasteiger partial charge in [0.1, 0.15) is 11.0 Å². The molecule has 7 nitrogen and oxygen atoms in total. The lowest BCUT2D eigenvalue weighted by molar-refractivity contribution is -0.123. The van der Waals surface area contributed by atoms with Gasteiger partial charge in [-0.1, -0.05) is 65.4 Å². The van der Waals surface area contributed by atoms with E-state index < -0.39 is 17.9 Å². The summed E-state index contributed by atoms with van der Waals surface area (Å²) in [6.45, 7) is 3.63. The van der Waals surface area contributed by atoms with Crippen LogP contribution in [0.3, 0.4) is 0 Å². The number of carbonyl (C=O) groups is 3. The van der Waals surface area contributed by atoms with Crippen molar-refractivity contribution in [1.29, 1.82) is 0 Å². The fourth-order valence-corrected chi connectivity index (χ4v) is 4.59. The second kappa shape index (κ2) is 8.32. The summed E-state index contributed by atoms with van der Waals surface area (Å²) in [7, 11) is 1.59. The fourth-order valence-electron chi connectivity index (χ4n) is 3.51. The third-order valence-corrected chi connectivity index (χ3v) is 6.69. The van der Waals surface area contributed by atoms with E-state index in [2.05, 4.69) is 26.1 Å². The molecule has 1 unspecified atom stereocenters. The van der Waals surface area contributed by atoms with Gasteiger partial charge in [0.05, 0.1) is 11.1 Å². The molecule has 4 rings (SSSR count). The molecule has 0 saturated carbocycles. The number of anilines is 1. The molecule has 158 valence electrons. The maximum absolute atomic E-state index is 13.4. The van der Waals surface area contributed by atoms with Crippen molar-refractivity contribution in [1.82, 2.24) is 15.1 Å². The molecule has 0 radical (unpaired) electrons. The molecule has 31 heavy (non-hydrogen) atoms. The van der Waals surface area contributed by atoms with Crippen molar-refractivity contribution in [3.05, 3.63) is 64.1 Å². The Bertz CT molecular complexity index is 1140. The molecule has 9 heteroatoms. The minimum atomic E-state index is -0.947. The summed E-state index contributed by atoms with van der Waals surface area (Å²) in [4.78, 5) is 41.7. The first-order valence-electron chi connectivity index (χ1n) is 9.63. The Morgan fingerprint density at radius 1 is 1.00 bits per heavy atom. The van der Waals surface area contributed by atoms with Gasteiger partial charge in [-0.05, 0) is 30.2 Å². The summed E-state index contributed by atoms with van der Waals surface area (Å²) < 4.78 is 0.953. The molecule has 1 aliphatic rings. The highest BCUT2D eigenvalue weighted by molar-refractivity contribution is 9.10. The predicted octanol–water partition coefficient (Wildman–Crippen LogP) is 4.25. The van der Waals surface area contributed by atoms with Gasteiger partial charge in [0.15, 0.2) is 0 Å². The number of aromatic nitrogens is 2. The normalized spacial score (nSPS) is 14.2. The molecule has 3 amide bonds. The largest absolute Gasteiger partial charge is 0.288 e. The molecule has 0 aliphatic carbocycles. The summed E-state index contributed by atoms with van der Waals surface area (Å²) in [6, 6.07) is 13.3. The molecule has 2 heterocycles. The van der Waals surface area contributed by atoms with Gasteiger partial charge in [0.25, 0.3) is 17.7 Å². The Kier molecular flexibility index (Phi) is 5.72. The Morgan fingerprint density at radius 3 is 2.13 bits per heavy atom. The second-order valence-corrected chi connectivity index (χ2v) is 9.38. The van der Waals surface area contributed by atoms with Crippen molar-refractivity contribution >= 4 is 50.1 Å². The number of hydrogen-bond acceptors (Lipinski definition) is 6. The Morgan fingerprint density at radius 2 is 1.58 bits per heavy atom. The summed E-state index contributed by atoms with van der Waals surface area (Å²) in [5.74, 6) is -1.57. The average molecular weight is 499 g/mol. The molecule has 3 aromatic rings. The maximum Gasteiger partial charge on any atom is 0.262 e. The van der Waals surface area contributed by atoms with Gasteiger partial charge in [0, 0.05) is 17.1 Å². The van der Waals surface area contributed by atoms with E-state index in [0.717, 1.165) is 14.9 Å². The van der Waals surface area contributed by atoms with Gasteiger partial charge in [-0.2, -0.15) is 0 Å². The Labute approximate surface area is 191 Å². The van der Waals surface area contributed by atoms with E-state index >= 15 is 0 Å². The summed E-state index contributed by atoms with van der Waals surface area (Å²) >= 11 is 4.67. The molecule has 0 saturated heterocycles. The first kappa shape index (κ1) is 21.3. The van der Waals surface area contributed by atoms with Crippen LogP contribution in [0.4, 0.5) is 5.13 Å². The van der Waals surface area contributed by atoms with Crippen LogP contribution in [-0.2, 0) is 4.79 Å². The lowest BCUT2D eigenvalue weighted by Crippen LogP contribution is -2.52. The topological polar surface area (TPSA) is 83.5 Å². The van der Waals surface area contributed by atoms with Gasteiger partial charge in [0.2, 0.25) is 5.13 Å². The molecule has 0 N–H and O–H groups in total. The van der Waals surface area contributed by atoms with Crippen LogP contribution in [0.25, 0.3) is 10.6 Å². The highest BCUT2D eigenvalue weighted by atomic mass is 79.9. The van der Waals surface area contributed by atoms with Crippen LogP contribution in [0.1, 0.15) is 34.6 Å². The number of amides is 3. The predicted molar refractivity (Wildman–Crippen MR) is 122 cm³/mol. The maximum atomic E-state index is 13.4. The van der Waals surface area contributed by atoms with Gasteiger partial charge >= 0.3 is 0 Å². The Hall–Kier alpha value is -2.91. The summed E-state index contributed by atoms with van der Waals surface area (Å²) in [5.41, 5.74) is 1.53. The minimum absolute atomic E-state index is 0.281. The molecule has 1 aliphatic heterocycles. The van der Waals surface area contributed by atoms with Crippen molar-refractivity contribution in [3.8, 4) is 10.6 Å². The molecular weight excluding hydrogens is 480 g/mol. The molecule has 1 atom stereocenters. The van der Waals surface area contributed by atoms with Crippen LogP contribution < -0.4 is 4.90 Å². The highest BCUT2D eigenvalue weighted by Crippen LogP contribution is 2.32. The van der Waals surface area contributed by atoms with Crippen LogP contribution in [0.5, 0.6) is 0 Å². The van der Waals surface area contributed by atoms with E-state index in [-0.39, 0.29) is 11.8 Å². The van der Waals surface area contributed by atoms with Crippen molar-refractivity contribution in [2.45, 2.75) is 19.9 Å². The molecule has 1 aromatic heterocycles. The van der Waals surface area contributed by atoms with Gasteiger partial charge in [-0.15, -0.1) is 10.2 Å². The van der Waals surface area contributed by atoms with Crippen LogP contribution in [0.15, 0.2) is 53.0 Å². The standard InChI is InChI=1S/C22H19BrN4O3S/c1-12(2)17(27-19(28)15-6-4-5-7-16(15)20(27)29)21(30)26(3)22-25-24-18(31-22)13-8-10-14(23)11-9-13/h4-12,17H,1-3H3. The Balaban J connectivity index is 1.62. The number of halogens is 1. The third-order valence-electron chi connectivity index (χ3n) is 5.11. The third kappa shape index (κ3) is 3.79. The summed E-state index contributed by atoms with van der Waals surface area (Å²) in [6.07, 6.45) is 0. The summed E-state index contributed by atoms with van der Waals surface area (Å²) in [5, 5.41) is 9.41. The van der Waals surface area contributed by atoms with E-state index in [1.807, 2.05) is 38.1 Å². The van der Waals surface area contributed by atoms with Crippen molar-refractivity contribution in [3.63, 3.8) is 0 Å². The number of nitrogens with zero attached hydrogens (tertiary/aromatic N) is 4. The van der Waals surface area contributed by atoms with Crippen molar-refractivity contribution < 1.29 is 14.4 Å². The average Bonchev–Trinajstić information content (AvgIpc) is 3.34. The number of fused-ring (bicyclic) bond motifs is 1. The first-order valence-corrected chi connectivity index (χ1v) is 11.2. The lowest BCUT2D eigenvalue weighted by Gasteiger charge is -2.30. The van der Waals surface area contributed by atoms with Crippen LogP contribution in [0, 0.1) is 5.92 Å². The molecular formula is C22H19BrN4O3S. The molecule has 2 aromatic carbocycles. The van der Waals surface area contributed by atoms with E-state index in [1.165, 1.54) is 16.2 Å². The van der Waals surface area contributed by atoms with Crippen LogP contribution >= 0.6 is 27.3 Å². The van der Waals surface area contributed by atoms with Gasteiger partial charge in [-0.25, -0.2) is 0 Å². The van der Waals surface area contributed by atoms with Crippen LogP contribution in [-0.4, -0.2) is 45.9 Å².